The largest absolute Gasteiger partial charge is 0.462 e. The van der Waals surface area contributed by atoms with Gasteiger partial charge in [-0.3, -0.25) is 9.59 Å². The minimum atomic E-state index is -1.76. The molecule has 2 saturated heterocycles. The van der Waals surface area contributed by atoms with Crippen LogP contribution in [0.5, 0.6) is 0 Å². The summed E-state index contributed by atoms with van der Waals surface area (Å²) in [4.78, 5) is 25.8. The van der Waals surface area contributed by atoms with Gasteiger partial charge < -0.3 is 64.2 Å². The van der Waals surface area contributed by atoms with E-state index >= 15 is 0 Å². The van der Waals surface area contributed by atoms with Crippen LogP contribution in [0, 0.1) is 0 Å². The molecule has 0 aromatic rings. The maximum atomic E-state index is 13.0. The first-order chi connectivity index (χ1) is 32.5. The van der Waals surface area contributed by atoms with Gasteiger partial charge >= 0.3 is 11.9 Å². The first-order valence-electron chi connectivity index (χ1n) is 27.1. The number of carbonyl (C=O) groups excluding carboxylic acids is 2. The number of hydrogen-bond acceptors (Lipinski definition) is 15. The van der Waals surface area contributed by atoms with Crippen molar-refractivity contribution in [1.82, 2.24) is 0 Å². The van der Waals surface area contributed by atoms with E-state index in [4.69, 9.17) is 28.4 Å². The van der Waals surface area contributed by atoms with Gasteiger partial charge in [-0.25, -0.2) is 0 Å². The van der Waals surface area contributed by atoms with Gasteiger partial charge in [0.2, 0.25) is 0 Å². The second kappa shape index (κ2) is 40.1. The highest BCUT2D eigenvalue weighted by Crippen LogP contribution is 2.27. The number of aliphatic hydroxyl groups excluding tert-OH is 7. The summed E-state index contributed by atoms with van der Waals surface area (Å²) >= 11 is 0. The van der Waals surface area contributed by atoms with Crippen LogP contribution in [0.25, 0.3) is 0 Å². The summed E-state index contributed by atoms with van der Waals surface area (Å²) < 4.78 is 33.6. The zero-order valence-corrected chi connectivity index (χ0v) is 41.9. The molecule has 11 unspecified atom stereocenters. The molecule has 0 aromatic carbocycles. The molecule has 67 heavy (non-hydrogen) atoms. The van der Waals surface area contributed by atoms with Crippen molar-refractivity contribution in [2.24, 2.45) is 0 Å². The molecule has 2 aliphatic rings. The zero-order chi connectivity index (χ0) is 48.9. The van der Waals surface area contributed by atoms with E-state index in [0.717, 1.165) is 38.5 Å². The van der Waals surface area contributed by atoms with Gasteiger partial charge in [-0.05, 0) is 12.8 Å². The van der Waals surface area contributed by atoms with E-state index in [2.05, 4.69) is 13.8 Å². The molecule has 15 nitrogen and oxygen atoms in total. The molecule has 0 saturated carbocycles. The molecule has 0 spiro atoms. The van der Waals surface area contributed by atoms with Gasteiger partial charge in [-0.15, -0.1) is 0 Å². The lowest BCUT2D eigenvalue weighted by atomic mass is 9.98. The van der Waals surface area contributed by atoms with Crippen molar-refractivity contribution in [3.63, 3.8) is 0 Å². The molecule has 2 heterocycles. The second-order valence-electron chi connectivity index (χ2n) is 19.4. The van der Waals surface area contributed by atoms with Crippen LogP contribution < -0.4 is 0 Å². The van der Waals surface area contributed by atoms with E-state index < -0.39 is 92.7 Å². The predicted octanol–water partition coefficient (Wildman–Crippen LogP) is 8.00. The molecule has 15 heteroatoms. The molecule has 2 fully saturated rings. The van der Waals surface area contributed by atoms with Gasteiger partial charge in [0.1, 0.15) is 55.4 Å². The number of aliphatic hydroxyl groups is 7. The molecular formula is C52H98O15. The number of esters is 2. The Kier molecular flexibility index (Phi) is 36.9. The molecule has 7 N–H and O–H groups in total. The van der Waals surface area contributed by atoms with Gasteiger partial charge in [-0.2, -0.15) is 0 Å². The number of rotatable bonds is 43. The lowest BCUT2D eigenvalue weighted by Gasteiger charge is -2.42. The number of ether oxygens (including phenoxy) is 6. The van der Waals surface area contributed by atoms with Crippen LogP contribution in [0.1, 0.15) is 226 Å². The predicted molar refractivity (Wildman–Crippen MR) is 257 cm³/mol. The van der Waals surface area contributed by atoms with Crippen molar-refractivity contribution in [2.45, 2.75) is 293 Å². The van der Waals surface area contributed by atoms with Crippen molar-refractivity contribution in [2.75, 3.05) is 26.4 Å². The van der Waals surface area contributed by atoms with Crippen LogP contribution in [0.2, 0.25) is 0 Å². The Hall–Kier alpha value is -1.50. The Morgan fingerprint density at radius 1 is 0.418 bits per heavy atom. The Labute approximate surface area is 404 Å². The van der Waals surface area contributed by atoms with E-state index in [1.54, 1.807) is 0 Å². The van der Waals surface area contributed by atoms with Crippen LogP contribution in [-0.4, -0.2) is 142 Å². The molecule has 0 amide bonds. The topological polar surface area (TPSA) is 231 Å². The molecule has 2 aliphatic heterocycles. The second-order valence-corrected chi connectivity index (χ2v) is 19.4. The summed E-state index contributed by atoms with van der Waals surface area (Å²) in [6.07, 6.45) is 21.3. The molecule has 0 bridgehead atoms. The van der Waals surface area contributed by atoms with Gasteiger partial charge in [0.25, 0.3) is 0 Å². The van der Waals surface area contributed by atoms with Crippen molar-refractivity contribution in [3.8, 4) is 0 Å². The van der Waals surface area contributed by atoms with Crippen LogP contribution in [0.15, 0.2) is 0 Å². The fourth-order valence-electron chi connectivity index (χ4n) is 8.87. The van der Waals surface area contributed by atoms with E-state index in [0.29, 0.717) is 12.8 Å². The van der Waals surface area contributed by atoms with Crippen LogP contribution >= 0.6 is 0 Å². The highest BCUT2D eigenvalue weighted by Gasteiger charge is 2.47. The maximum Gasteiger partial charge on any atom is 0.306 e. The summed E-state index contributed by atoms with van der Waals surface area (Å²) in [5, 5.41) is 72.1. The van der Waals surface area contributed by atoms with E-state index in [-0.39, 0.29) is 26.1 Å². The molecule has 0 aromatic heterocycles. The monoisotopic (exact) mass is 963 g/mol. The molecular weight excluding hydrogens is 865 g/mol. The van der Waals surface area contributed by atoms with E-state index in [1.807, 2.05) is 0 Å². The lowest BCUT2D eigenvalue weighted by molar-refractivity contribution is -0.332. The zero-order valence-electron chi connectivity index (χ0n) is 41.9. The normalized spacial score (nSPS) is 25.9. The van der Waals surface area contributed by atoms with E-state index in [1.165, 1.54) is 148 Å². The Bertz CT molecular complexity index is 1180. The van der Waals surface area contributed by atoms with Crippen molar-refractivity contribution in [3.05, 3.63) is 0 Å². The number of hydrogen-bond donors (Lipinski definition) is 7. The smallest absolute Gasteiger partial charge is 0.306 e. The maximum absolute atomic E-state index is 13.0. The average Bonchev–Trinajstić information content (AvgIpc) is 3.32. The minimum absolute atomic E-state index is 0.174. The fraction of sp³-hybridized carbons (Fsp3) is 0.962. The van der Waals surface area contributed by atoms with E-state index in [9.17, 15) is 45.3 Å². The van der Waals surface area contributed by atoms with Crippen LogP contribution in [0.4, 0.5) is 0 Å². The molecule has 11 atom stereocenters. The van der Waals surface area contributed by atoms with Gasteiger partial charge in [0.15, 0.2) is 18.7 Å². The number of unbranched alkanes of at least 4 members (excludes halogenated alkanes) is 29. The minimum Gasteiger partial charge on any atom is -0.462 e. The Morgan fingerprint density at radius 3 is 1.16 bits per heavy atom. The molecule has 396 valence electrons. The Balaban J connectivity index is 1.77. The fourth-order valence-corrected chi connectivity index (χ4v) is 8.87. The third-order valence-corrected chi connectivity index (χ3v) is 13.3. The van der Waals surface area contributed by atoms with Gasteiger partial charge in [0.05, 0.1) is 19.8 Å². The van der Waals surface area contributed by atoms with Crippen molar-refractivity contribution in [1.29, 1.82) is 0 Å². The van der Waals surface area contributed by atoms with Gasteiger partial charge in [0, 0.05) is 12.8 Å². The quantitative estimate of drug-likeness (QED) is 0.0227. The summed E-state index contributed by atoms with van der Waals surface area (Å²) in [5.74, 6) is -0.909. The highest BCUT2D eigenvalue weighted by atomic mass is 16.7. The third-order valence-electron chi connectivity index (χ3n) is 13.3. The van der Waals surface area contributed by atoms with Crippen LogP contribution in [-0.2, 0) is 38.0 Å². The first kappa shape index (κ1) is 61.6. The third kappa shape index (κ3) is 28.2. The molecule has 2 rings (SSSR count). The van der Waals surface area contributed by atoms with Crippen LogP contribution in [0.3, 0.4) is 0 Å². The average molecular weight is 963 g/mol. The Morgan fingerprint density at radius 2 is 0.761 bits per heavy atom. The number of carbonyl (C=O) groups is 2. The lowest BCUT2D eigenvalue weighted by Crippen LogP contribution is -2.61. The standard InChI is InChI=1S/C52H98O15/c1-3-5-7-9-11-13-15-17-18-19-20-21-22-23-25-27-29-31-33-35-44(55)65-40(37-62-43(54)34-32-30-28-26-24-16-14-12-10-8-6-4-2)38-63-51-50(61)48(59)46(57)42(67-51)39-64-52-49(60)47(58)45(56)41(36-53)66-52/h40-42,45-53,56-61H,3-39H2,1-2H3. The SMILES string of the molecule is CCCCCCCCCCCCCCCCCCCCCC(=O)OC(COC(=O)CCCCCCCCCCCCCC)COC1OC(COC2OC(CO)C(O)C(O)C2O)C(O)C(O)C1O. The first-order valence-corrected chi connectivity index (χ1v) is 27.1. The van der Waals surface area contributed by atoms with Gasteiger partial charge in [-0.1, -0.05) is 200 Å². The molecule has 0 radical (unpaired) electrons. The van der Waals surface area contributed by atoms with Crippen molar-refractivity contribution >= 4 is 11.9 Å². The summed E-state index contributed by atoms with van der Waals surface area (Å²) in [7, 11) is 0. The molecule has 0 aliphatic carbocycles. The highest BCUT2D eigenvalue weighted by molar-refractivity contribution is 5.70. The summed E-state index contributed by atoms with van der Waals surface area (Å²) in [5.41, 5.74) is 0. The summed E-state index contributed by atoms with van der Waals surface area (Å²) in [6, 6.07) is 0. The summed E-state index contributed by atoms with van der Waals surface area (Å²) in [6.45, 7) is 2.63. The van der Waals surface area contributed by atoms with Crippen molar-refractivity contribution < 1.29 is 73.8 Å².